The summed E-state index contributed by atoms with van der Waals surface area (Å²) in [4.78, 5) is 35.8. The summed E-state index contributed by atoms with van der Waals surface area (Å²) in [5, 5.41) is 0.640. The number of aromatic amines is 2. The fourth-order valence-corrected chi connectivity index (χ4v) is 1.75. The lowest BCUT2D eigenvalue weighted by atomic mass is 10.2. The van der Waals surface area contributed by atoms with Crippen molar-refractivity contribution in [2.45, 2.75) is 0 Å². The molecule has 0 spiro atoms. The van der Waals surface area contributed by atoms with Gasteiger partial charge in [0.05, 0.1) is 24.3 Å². The van der Waals surface area contributed by atoms with Crippen LogP contribution in [0.4, 0.5) is 0 Å². The minimum absolute atomic E-state index is 0.432. The Bertz CT molecular complexity index is 865. The number of methoxy groups -OCH3 is 1. The molecule has 3 aromatic rings. The van der Waals surface area contributed by atoms with Crippen LogP contribution in [0.5, 0.6) is 5.88 Å². The molecule has 0 fully saturated rings. The van der Waals surface area contributed by atoms with Crippen molar-refractivity contribution in [3.05, 3.63) is 39.0 Å². The minimum Gasteiger partial charge on any atom is -0.481 e. The molecule has 7 heteroatoms. The Hall–Kier alpha value is -2.70. The van der Waals surface area contributed by atoms with Gasteiger partial charge in [0.25, 0.3) is 0 Å². The molecule has 0 bridgehead atoms. The number of H-pyrrole nitrogens is 2. The van der Waals surface area contributed by atoms with Gasteiger partial charge >= 0.3 is 11.1 Å². The molecule has 2 N–H and O–H groups in total. The zero-order valence-electron chi connectivity index (χ0n) is 9.35. The van der Waals surface area contributed by atoms with E-state index < -0.39 is 11.1 Å². The maximum Gasteiger partial charge on any atom is 0.314 e. The molecule has 0 saturated heterocycles. The number of hydrogen-bond donors (Lipinski definition) is 2. The quantitative estimate of drug-likeness (QED) is 0.469. The molecule has 7 nitrogen and oxygen atoms in total. The number of nitrogens with zero attached hydrogens (tertiary/aromatic N) is 2. The van der Waals surface area contributed by atoms with Crippen molar-refractivity contribution in [2.24, 2.45) is 0 Å². The van der Waals surface area contributed by atoms with Crippen molar-refractivity contribution in [2.75, 3.05) is 7.11 Å². The highest BCUT2D eigenvalue weighted by Crippen LogP contribution is 2.19. The van der Waals surface area contributed by atoms with Gasteiger partial charge in [0.1, 0.15) is 0 Å². The van der Waals surface area contributed by atoms with E-state index in [-0.39, 0.29) is 0 Å². The number of fused-ring (bicyclic) bond motifs is 3. The second-order valence-electron chi connectivity index (χ2n) is 3.68. The maximum absolute atomic E-state index is 11.3. The number of rotatable bonds is 1. The van der Waals surface area contributed by atoms with Gasteiger partial charge in [-0.05, 0) is 6.07 Å². The fourth-order valence-electron chi connectivity index (χ4n) is 1.75. The van der Waals surface area contributed by atoms with E-state index in [1.165, 1.54) is 13.3 Å². The van der Waals surface area contributed by atoms with E-state index in [2.05, 4.69) is 19.9 Å². The Morgan fingerprint density at radius 3 is 2.72 bits per heavy atom. The molecule has 0 aliphatic carbocycles. The monoisotopic (exact) mass is 244 g/mol. The number of pyridine rings is 2. The summed E-state index contributed by atoms with van der Waals surface area (Å²) in [7, 11) is 1.51. The van der Waals surface area contributed by atoms with E-state index >= 15 is 0 Å². The summed E-state index contributed by atoms with van der Waals surface area (Å²) in [6, 6.07) is 3.39. The summed E-state index contributed by atoms with van der Waals surface area (Å²) in [5.74, 6) is 0.432. The van der Waals surface area contributed by atoms with Gasteiger partial charge in [0.2, 0.25) is 5.88 Å². The van der Waals surface area contributed by atoms with Crippen molar-refractivity contribution in [1.82, 2.24) is 19.9 Å². The third kappa shape index (κ3) is 1.45. The average molecular weight is 244 g/mol. The fraction of sp³-hybridized carbons (Fsp3) is 0.0909. The highest BCUT2D eigenvalue weighted by Gasteiger charge is 2.07. The van der Waals surface area contributed by atoms with Crippen LogP contribution in [0.3, 0.4) is 0 Å². The van der Waals surface area contributed by atoms with E-state index in [1.54, 1.807) is 12.1 Å². The molecule has 0 unspecified atom stereocenters. The second-order valence-corrected chi connectivity index (χ2v) is 3.68. The lowest BCUT2D eigenvalue weighted by molar-refractivity contribution is 0.399. The van der Waals surface area contributed by atoms with Gasteiger partial charge in [-0.1, -0.05) is 0 Å². The second kappa shape index (κ2) is 3.66. The van der Waals surface area contributed by atoms with Crippen molar-refractivity contribution < 1.29 is 4.74 Å². The Balaban J connectivity index is 2.49. The van der Waals surface area contributed by atoms with Crippen LogP contribution in [-0.2, 0) is 0 Å². The minimum atomic E-state index is -0.704. The molecule has 0 atom stereocenters. The normalized spacial score (nSPS) is 10.9. The van der Waals surface area contributed by atoms with Gasteiger partial charge in [-0.3, -0.25) is 9.59 Å². The van der Waals surface area contributed by atoms with Crippen LogP contribution in [0.25, 0.3) is 22.1 Å². The van der Waals surface area contributed by atoms with E-state index in [1.807, 2.05) is 0 Å². The third-order valence-corrected chi connectivity index (χ3v) is 2.61. The zero-order chi connectivity index (χ0) is 12.7. The Kier molecular flexibility index (Phi) is 2.12. The predicted molar refractivity (Wildman–Crippen MR) is 64.8 cm³/mol. The Morgan fingerprint density at radius 2 is 1.94 bits per heavy atom. The lowest BCUT2D eigenvalue weighted by Gasteiger charge is -2.03. The highest BCUT2D eigenvalue weighted by molar-refractivity contribution is 5.99. The predicted octanol–water partition coefficient (Wildman–Crippen LogP) is 0.168. The van der Waals surface area contributed by atoms with Gasteiger partial charge in [-0.15, -0.1) is 0 Å². The van der Waals surface area contributed by atoms with Gasteiger partial charge in [-0.25, -0.2) is 4.98 Å². The molecule has 90 valence electrons. The lowest BCUT2D eigenvalue weighted by Crippen LogP contribution is -2.29. The summed E-state index contributed by atoms with van der Waals surface area (Å²) in [5.41, 5.74) is -0.0145. The number of nitrogens with one attached hydrogen (secondary N) is 2. The van der Waals surface area contributed by atoms with Crippen molar-refractivity contribution in [3.63, 3.8) is 0 Å². The molecule has 0 aliphatic rings. The molecule has 0 saturated carbocycles. The molecule has 3 aromatic heterocycles. The van der Waals surface area contributed by atoms with Crippen molar-refractivity contribution >= 4 is 22.1 Å². The first kappa shape index (κ1) is 10.5. The van der Waals surface area contributed by atoms with E-state index in [0.29, 0.717) is 27.9 Å². The third-order valence-electron chi connectivity index (χ3n) is 2.61. The summed E-state index contributed by atoms with van der Waals surface area (Å²) in [6.45, 7) is 0. The molecular formula is C11H8N4O3. The van der Waals surface area contributed by atoms with E-state index in [9.17, 15) is 9.59 Å². The first-order valence-corrected chi connectivity index (χ1v) is 5.15. The van der Waals surface area contributed by atoms with E-state index in [4.69, 9.17) is 4.74 Å². The van der Waals surface area contributed by atoms with Crippen LogP contribution in [-0.4, -0.2) is 27.0 Å². The molecule has 18 heavy (non-hydrogen) atoms. The van der Waals surface area contributed by atoms with Crippen LogP contribution in [0.15, 0.2) is 27.9 Å². The summed E-state index contributed by atoms with van der Waals surface area (Å²) >= 11 is 0. The molecule has 0 aromatic carbocycles. The first-order chi connectivity index (χ1) is 8.69. The molecule has 3 rings (SSSR count). The molecule has 3 heterocycles. The van der Waals surface area contributed by atoms with Crippen LogP contribution < -0.4 is 15.9 Å². The largest absolute Gasteiger partial charge is 0.481 e. The van der Waals surface area contributed by atoms with Crippen molar-refractivity contribution in [3.8, 4) is 5.88 Å². The SMILES string of the molecule is COc1ccc2c(ncc3[nH]c(=O)c(=O)[nH]c32)n1. The van der Waals surface area contributed by atoms with Crippen molar-refractivity contribution in [1.29, 1.82) is 0 Å². The highest BCUT2D eigenvalue weighted by atomic mass is 16.5. The smallest absolute Gasteiger partial charge is 0.314 e. The van der Waals surface area contributed by atoms with Crippen LogP contribution in [0.2, 0.25) is 0 Å². The van der Waals surface area contributed by atoms with Gasteiger partial charge < -0.3 is 14.7 Å². The standard InChI is InChI=1S/C11H8N4O3/c1-18-7-3-2-5-8-6(4-12-9(5)14-7)13-10(16)11(17)15-8/h2-4H,1H3,(H,13,16)(H,15,17). The molecule has 0 aliphatic heterocycles. The van der Waals surface area contributed by atoms with Crippen LogP contribution in [0, 0.1) is 0 Å². The Labute approximate surface area is 99.5 Å². The number of hydrogen-bond acceptors (Lipinski definition) is 5. The molecular weight excluding hydrogens is 236 g/mol. The van der Waals surface area contributed by atoms with Crippen LogP contribution >= 0.6 is 0 Å². The maximum atomic E-state index is 11.3. The van der Waals surface area contributed by atoms with E-state index in [0.717, 1.165) is 0 Å². The molecule has 0 radical (unpaired) electrons. The van der Waals surface area contributed by atoms with Crippen LogP contribution in [0.1, 0.15) is 0 Å². The number of aromatic nitrogens is 4. The number of ether oxygens (including phenoxy) is 1. The topological polar surface area (TPSA) is 101 Å². The Morgan fingerprint density at radius 1 is 1.17 bits per heavy atom. The van der Waals surface area contributed by atoms with Gasteiger partial charge in [-0.2, -0.15) is 4.98 Å². The summed E-state index contributed by atoms with van der Waals surface area (Å²) < 4.78 is 5.00. The first-order valence-electron chi connectivity index (χ1n) is 5.15. The van der Waals surface area contributed by atoms with Gasteiger partial charge in [0, 0.05) is 11.5 Å². The zero-order valence-corrected chi connectivity index (χ0v) is 9.35. The molecule has 0 amide bonds. The van der Waals surface area contributed by atoms with Gasteiger partial charge in [0.15, 0.2) is 5.65 Å². The average Bonchev–Trinajstić information content (AvgIpc) is 2.39. The summed E-state index contributed by atoms with van der Waals surface area (Å²) in [6.07, 6.45) is 1.45.